The Balaban J connectivity index is 2.61. The van der Waals surface area contributed by atoms with Gasteiger partial charge < -0.3 is 10.4 Å². The third kappa shape index (κ3) is 2.82. The van der Waals surface area contributed by atoms with E-state index in [1.54, 1.807) is 7.05 Å². The monoisotopic (exact) mass is 259 g/mol. The van der Waals surface area contributed by atoms with Gasteiger partial charge in [0.25, 0.3) is 5.56 Å². The number of nitrogens with one attached hydrogen (secondary N) is 1. The van der Waals surface area contributed by atoms with Crippen molar-refractivity contribution in [2.24, 2.45) is 0 Å². The molecule has 5 nitrogen and oxygen atoms in total. The summed E-state index contributed by atoms with van der Waals surface area (Å²) in [5.74, 6) is -0.0834. The van der Waals surface area contributed by atoms with E-state index >= 15 is 0 Å². The van der Waals surface area contributed by atoms with Crippen molar-refractivity contribution in [3.63, 3.8) is 0 Å². The smallest absolute Gasteiger partial charge is 0.275 e. The van der Waals surface area contributed by atoms with Crippen LogP contribution in [0.3, 0.4) is 0 Å². The minimum atomic E-state index is -0.345. The van der Waals surface area contributed by atoms with Gasteiger partial charge in [0.1, 0.15) is 11.4 Å². The van der Waals surface area contributed by atoms with Gasteiger partial charge in [0.05, 0.1) is 5.69 Å². The summed E-state index contributed by atoms with van der Waals surface area (Å²) in [5.41, 5.74) is 2.93. The van der Waals surface area contributed by atoms with E-state index in [9.17, 15) is 9.90 Å². The quantitative estimate of drug-likeness (QED) is 0.871. The summed E-state index contributed by atoms with van der Waals surface area (Å²) in [5, 5.41) is 16.8. The number of benzene rings is 1. The largest absolute Gasteiger partial charge is 0.506 e. The molecule has 0 saturated carbocycles. The summed E-state index contributed by atoms with van der Waals surface area (Å²) in [6.07, 6.45) is 0. The highest BCUT2D eigenvalue weighted by Gasteiger charge is 2.09. The number of aromatic hydroxyl groups is 1. The molecule has 0 radical (unpaired) electrons. The summed E-state index contributed by atoms with van der Waals surface area (Å²) in [4.78, 5) is 11.9. The van der Waals surface area contributed by atoms with Crippen LogP contribution in [0, 0.1) is 13.8 Å². The number of aromatic nitrogens is 2. The Morgan fingerprint density at radius 3 is 2.42 bits per heavy atom. The van der Waals surface area contributed by atoms with Crippen LogP contribution in [0.5, 0.6) is 5.75 Å². The number of rotatable bonds is 3. The first kappa shape index (κ1) is 13.3. The fourth-order valence-electron chi connectivity index (χ4n) is 2.03. The topological polar surface area (TPSA) is 67.2 Å². The molecule has 1 aromatic carbocycles. The van der Waals surface area contributed by atoms with Crippen LogP contribution in [0.2, 0.25) is 0 Å². The third-order valence-electron chi connectivity index (χ3n) is 2.78. The third-order valence-corrected chi connectivity index (χ3v) is 2.78. The summed E-state index contributed by atoms with van der Waals surface area (Å²) in [7, 11) is 1.76. The first-order valence-corrected chi connectivity index (χ1v) is 6.07. The maximum absolute atomic E-state index is 11.9. The zero-order valence-electron chi connectivity index (χ0n) is 11.3. The van der Waals surface area contributed by atoms with Crippen LogP contribution in [-0.2, 0) is 6.54 Å². The van der Waals surface area contributed by atoms with Gasteiger partial charge in [-0.1, -0.05) is 6.07 Å². The lowest BCUT2D eigenvalue weighted by Gasteiger charge is -2.10. The van der Waals surface area contributed by atoms with Crippen molar-refractivity contribution < 1.29 is 5.11 Å². The average molecular weight is 259 g/mol. The van der Waals surface area contributed by atoms with E-state index < -0.39 is 0 Å². The minimum Gasteiger partial charge on any atom is -0.506 e. The second-order valence-electron chi connectivity index (χ2n) is 4.60. The molecule has 5 heteroatoms. The molecule has 0 saturated heterocycles. The van der Waals surface area contributed by atoms with E-state index in [2.05, 4.69) is 10.4 Å². The van der Waals surface area contributed by atoms with Crippen molar-refractivity contribution in [1.29, 1.82) is 0 Å². The summed E-state index contributed by atoms with van der Waals surface area (Å²) in [6.45, 7) is 4.34. The molecule has 0 aliphatic heterocycles. The fraction of sp³-hybridized carbons (Fsp3) is 0.286. The fourth-order valence-corrected chi connectivity index (χ4v) is 2.03. The molecule has 100 valence electrons. The molecular formula is C14H17N3O2. The van der Waals surface area contributed by atoms with Crippen LogP contribution >= 0.6 is 0 Å². The Morgan fingerprint density at radius 1 is 1.21 bits per heavy atom. The first-order chi connectivity index (χ1) is 9.01. The molecule has 0 aliphatic carbocycles. The van der Waals surface area contributed by atoms with E-state index in [1.807, 2.05) is 32.0 Å². The Kier molecular flexibility index (Phi) is 3.66. The Labute approximate surface area is 111 Å². The summed E-state index contributed by atoms with van der Waals surface area (Å²) < 4.78 is 1.31. The van der Waals surface area contributed by atoms with Gasteiger partial charge in [0, 0.05) is 12.6 Å². The molecule has 0 aliphatic rings. The summed E-state index contributed by atoms with van der Waals surface area (Å²) >= 11 is 0. The molecule has 0 atom stereocenters. The molecule has 2 aromatic rings. The lowest BCUT2D eigenvalue weighted by Crippen LogP contribution is -2.23. The van der Waals surface area contributed by atoms with Crippen LogP contribution in [0.1, 0.15) is 16.8 Å². The highest BCUT2D eigenvalue weighted by molar-refractivity contribution is 5.39. The van der Waals surface area contributed by atoms with Crippen molar-refractivity contribution in [3.05, 3.63) is 51.4 Å². The highest BCUT2D eigenvalue weighted by Crippen LogP contribution is 2.14. The van der Waals surface area contributed by atoms with E-state index in [1.165, 1.54) is 10.7 Å². The molecule has 1 heterocycles. The van der Waals surface area contributed by atoms with E-state index in [0.29, 0.717) is 17.9 Å². The van der Waals surface area contributed by atoms with Gasteiger partial charge in [-0.15, -0.1) is 0 Å². The predicted molar refractivity (Wildman–Crippen MR) is 73.7 cm³/mol. The van der Waals surface area contributed by atoms with E-state index in [-0.39, 0.29) is 11.3 Å². The van der Waals surface area contributed by atoms with Crippen LogP contribution in [0.4, 0.5) is 0 Å². The van der Waals surface area contributed by atoms with E-state index in [4.69, 9.17) is 0 Å². The molecule has 0 fully saturated rings. The maximum atomic E-state index is 11.9. The second-order valence-corrected chi connectivity index (χ2v) is 4.60. The van der Waals surface area contributed by atoms with Crippen LogP contribution in [0.15, 0.2) is 29.1 Å². The normalized spacial score (nSPS) is 10.7. The predicted octanol–water partition coefficient (Wildman–Crippen LogP) is 1.27. The number of hydrogen-bond acceptors (Lipinski definition) is 4. The lowest BCUT2D eigenvalue weighted by molar-refractivity contribution is 0.453. The number of nitrogens with zero attached hydrogens (tertiary/aromatic N) is 2. The van der Waals surface area contributed by atoms with Gasteiger partial charge >= 0.3 is 0 Å². The molecule has 2 rings (SSSR count). The van der Waals surface area contributed by atoms with Crippen molar-refractivity contribution in [1.82, 2.24) is 15.1 Å². The van der Waals surface area contributed by atoms with Gasteiger partial charge in [-0.05, 0) is 44.2 Å². The molecule has 0 unspecified atom stereocenters. The Morgan fingerprint density at radius 2 is 1.84 bits per heavy atom. The molecule has 0 spiro atoms. The molecular weight excluding hydrogens is 242 g/mol. The van der Waals surface area contributed by atoms with Crippen molar-refractivity contribution in [3.8, 4) is 11.4 Å². The maximum Gasteiger partial charge on any atom is 0.275 e. The molecule has 0 amide bonds. The number of aryl methyl sites for hydroxylation is 2. The zero-order chi connectivity index (χ0) is 14.0. The molecule has 19 heavy (non-hydrogen) atoms. The van der Waals surface area contributed by atoms with Gasteiger partial charge in [-0.3, -0.25) is 4.79 Å². The Hall–Kier alpha value is -2.14. The van der Waals surface area contributed by atoms with E-state index in [0.717, 1.165) is 11.1 Å². The lowest BCUT2D eigenvalue weighted by atomic mass is 10.1. The zero-order valence-corrected chi connectivity index (χ0v) is 11.3. The van der Waals surface area contributed by atoms with Gasteiger partial charge in [-0.2, -0.15) is 9.78 Å². The van der Waals surface area contributed by atoms with Gasteiger partial charge in [0.15, 0.2) is 0 Å². The molecule has 1 aromatic heterocycles. The first-order valence-electron chi connectivity index (χ1n) is 6.07. The van der Waals surface area contributed by atoms with Crippen LogP contribution in [0.25, 0.3) is 5.69 Å². The summed E-state index contributed by atoms with van der Waals surface area (Å²) in [6, 6.07) is 7.00. The minimum absolute atomic E-state index is 0.0834. The average Bonchev–Trinajstić information content (AvgIpc) is 2.31. The second kappa shape index (κ2) is 5.24. The SMILES string of the molecule is CNCc1nn(-c2cc(C)cc(C)c2)c(=O)cc1O. The molecule has 0 bridgehead atoms. The van der Waals surface area contributed by atoms with Crippen molar-refractivity contribution in [2.75, 3.05) is 7.05 Å². The van der Waals surface area contributed by atoms with Crippen molar-refractivity contribution in [2.45, 2.75) is 20.4 Å². The van der Waals surface area contributed by atoms with Gasteiger partial charge in [0.2, 0.25) is 0 Å². The number of hydrogen-bond donors (Lipinski definition) is 2. The highest BCUT2D eigenvalue weighted by atomic mass is 16.3. The molecule has 2 N–H and O–H groups in total. The van der Waals surface area contributed by atoms with Crippen molar-refractivity contribution >= 4 is 0 Å². The Bertz CT molecular complexity index is 642. The van der Waals surface area contributed by atoms with Gasteiger partial charge in [-0.25, -0.2) is 0 Å². The standard InChI is InChI=1S/C14H17N3O2/c1-9-4-10(2)6-11(5-9)17-14(19)7-13(18)12(16-17)8-15-3/h4-7,15,18H,8H2,1-3H3. The van der Waals surface area contributed by atoms with Crippen LogP contribution in [-0.4, -0.2) is 21.9 Å². The van der Waals surface area contributed by atoms with Crippen LogP contribution < -0.4 is 10.9 Å².